The fourth-order valence-corrected chi connectivity index (χ4v) is 5.56. The second-order valence-electron chi connectivity index (χ2n) is 10.6. The van der Waals surface area contributed by atoms with Crippen molar-refractivity contribution in [2.24, 2.45) is 0 Å². The summed E-state index contributed by atoms with van der Waals surface area (Å²) in [4.78, 5) is 13.7. The highest BCUT2D eigenvalue weighted by atomic mass is 32.5. The highest BCUT2D eigenvalue weighted by molar-refractivity contribution is 8.09. The number of nitrogens with one attached hydrogen (secondary N) is 3. The van der Waals surface area contributed by atoms with Crippen molar-refractivity contribution in [1.29, 1.82) is 0 Å². The van der Waals surface area contributed by atoms with Gasteiger partial charge in [0, 0.05) is 22.4 Å². The summed E-state index contributed by atoms with van der Waals surface area (Å²) < 4.78 is 12.3. The Kier molecular flexibility index (Phi) is 9.35. The molecule has 198 valence electrons. The van der Waals surface area contributed by atoms with Crippen LogP contribution in [0.1, 0.15) is 52.7 Å². The van der Waals surface area contributed by atoms with Gasteiger partial charge in [0.05, 0.1) is 0 Å². The Hall–Kier alpha value is -2.51. The molecule has 0 unspecified atom stereocenters. The summed E-state index contributed by atoms with van der Waals surface area (Å²) in [5.74, 6) is 1.09. The van der Waals surface area contributed by atoms with Crippen molar-refractivity contribution in [3.8, 4) is 11.5 Å². The summed E-state index contributed by atoms with van der Waals surface area (Å²) in [7, 11) is 0. The maximum absolute atomic E-state index is 12.6. The number of thioether (sulfide) groups is 1. The van der Waals surface area contributed by atoms with Crippen LogP contribution >= 0.6 is 18.4 Å². The molecule has 0 aliphatic heterocycles. The molecule has 9 heteroatoms. The van der Waals surface area contributed by atoms with Crippen molar-refractivity contribution < 1.29 is 13.8 Å². The first-order valence-corrected chi connectivity index (χ1v) is 15.8. The first-order valence-electron chi connectivity index (χ1n) is 12.0. The minimum Gasteiger partial charge on any atom is -0.424 e. The lowest BCUT2D eigenvalue weighted by Gasteiger charge is -2.26. The molecule has 0 saturated heterocycles. The van der Waals surface area contributed by atoms with Crippen molar-refractivity contribution in [3.63, 3.8) is 0 Å². The van der Waals surface area contributed by atoms with E-state index in [1.165, 1.54) is 11.1 Å². The zero-order valence-electron chi connectivity index (χ0n) is 22.4. The van der Waals surface area contributed by atoms with E-state index in [1.54, 1.807) is 11.8 Å². The van der Waals surface area contributed by atoms with Crippen LogP contribution in [0.15, 0.2) is 77.7 Å². The molecular formula is C28H36N3O3PS2. The largest absolute Gasteiger partial charge is 0.424 e. The van der Waals surface area contributed by atoms with Gasteiger partial charge >= 0.3 is 12.7 Å². The molecular weight excluding hydrogens is 521 g/mol. The first-order chi connectivity index (χ1) is 17.3. The van der Waals surface area contributed by atoms with E-state index in [0.29, 0.717) is 17.2 Å². The quantitative estimate of drug-likeness (QED) is 0.148. The molecule has 2 amide bonds. The third-order valence-electron chi connectivity index (χ3n) is 5.55. The standard InChI is InChI=1S/C28H36N3O3PS2/c1-27(2,3)20-8-14-23(15-9-20)33-35(36,34-24-16-10-21(11-17-24)28(4,5)6)31-30-26(32)29-22-12-18-25(37-7)19-13-22/h8-19H,1-7H3,(H,31,36)(H2,29,30,32). The van der Waals surface area contributed by atoms with E-state index >= 15 is 0 Å². The van der Waals surface area contributed by atoms with Crippen LogP contribution in [-0.2, 0) is 22.6 Å². The van der Waals surface area contributed by atoms with E-state index in [-0.39, 0.29) is 10.8 Å². The average Bonchev–Trinajstić information content (AvgIpc) is 2.83. The molecule has 0 fully saturated rings. The molecule has 0 spiro atoms. The van der Waals surface area contributed by atoms with E-state index in [9.17, 15) is 4.79 Å². The predicted molar refractivity (Wildman–Crippen MR) is 159 cm³/mol. The molecule has 0 saturated carbocycles. The van der Waals surface area contributed by atoms with Crippen LogP contribution in [0.25, 0.3) is 0 Å². The minimum atomic E-state index is -3.24. The number of hydrazine groups is 1. The minimum absolute atomic E-state index is 0.00986. The molecule has 3 aromatic carbocycles. The zero-order chi connectivity index (χ0) is 27.3. The van der Waals surface area contributed by atoms with E-state index < -0.39 is 12.7 Å². The maximum atomic E-state index is 12.6. The number of carbonyl (C=O) groups excluding carboxylic acids is 1. The van der Waals surface area contributed by atoms with Gasteiger partial charge in [0.1, 0.15) is 11.5 Å². The predicted octanol–water partition coefficient (Wildman–Crippen LogP) is 8.01. The Labute approximate surface area is 230 Å². The van der Waals surface area contributed by atoms with Crippen molar-refractivity contribution in [1.82, 2.24) is 10.6 Å². The van der Waals surface area contributed by atoms with Gasteiger partial charge in [0.2, 0.25) is 0 Å². The Morgan fingerprint density at radius 2 is 1.19 bits per heavy atom. The molecule has 0 heterocycles. The Morgan fingerprint density at radius 1 is 0.757 bits per heavy atom. The van der Waals surface area contributed by atoms with Crippen LogP contribution < -0.4 is 25.0 Å². The molecule has 0 aliphatic rings. The summed E-state index contributed by atoms with van der Waals surface area (Å²) >= 11 is 7.44. The number of amides is 2. The Balaban J connectivity index is 1.77. The Morgan fingerprint density at radius 3 is 1.57 bits per heavy atom. The zero-order valence-corrected chi connectivity index (χ0v) is 24.9. The number of hydrogen-bond donors (Lipinski definition) is 3. The highest BCUT2D eigenvalue weighted by Gasteiger charge is 2.25. The second-order valence-corrected chi connectivity index (χ2v) is 14.6. The second kappa shape index (κ2) is 11.9. The average molecular weight is 558 g/mol. The van der Waals surface area contributed by atoms with Gasteiger partial charge in [-0.15, -0.1) is 17.0 Å². The van der Waals surface area contributed by atoms with Crippen molar-refractivity contribution >= 4 is 41.9 Å². The molecule has 6 nitrogen and oxygen atoms in total. The van der Waals surface area contributed by atoms with Gasteiger partial charge < -0.3 is 14.4 Å². The maximum Gasteiger partial charge on any atom is 0.383 e. The number of rotatable bonds is 8. The van der Waals surface area contributed by atoms with Crippen LogP contribution in [0.3, 0.4) is 0 Å². The molecule has 0 radical (unpaired) electrons. The fourth-order valence-electron chi connectivity index (χ4n) is 3.33. The molecule has 37 heavy (non-hydrogen) atoms. The van der Waals surface area contributed by atoms with Gasteiger partial charge in [-0.2, -0.15) is 0 Å². The topological polar surface area (TPSA) is 71.6 Å². The van der Waals surface area contributed by atoms with Crippen molar-refractivity contribution in [3.05, 3.63) is 83.9 Å². The summed E-state index contributed by atoms with van der Waals surface area (Å²) in [6.07, 6.45) is 2.00. The molecule has 0 aliphatic carbocycles. The SMILES string of the molecule is CSc1ccc(NC(=O)NNP(=S)(Oc2ccc(C(C)(C)C)cc2)Oc2ccc(C(C)(C)C)cc2)cc1. The third kappa shape index (κ3) is 8.78. The molecule has 3 N–H and O–H groups in total. The van der Waals surface area contributed by atoms with Gasteiger partial charge in [-0.1, -0.05) is 65.8 Å². The monoisotopic (exact) mass is 557 g/mol. The molecule has 0 atom stereocenters. The molecule has 3 aromatic rings. The summed E-state index contributed by atoms with van der Waals surface area (Å²) in [6, 6.07) is 22.5. The molecule has 0 bridgehead atoms. The molecule has 0 aromatic heterocycles. The van der Waals surface area contributed by atoms with Crippen LogP contribution in [0.4, 0.5) is 10.5 Å². The number of carbonyl (C=O) groups is 1. The lowest BCUT2D eigenvalue weighted by atomic mass is 9.87. The van der Waals surface area contributed by atoms with Gasteiger partial charge in [-0.25, -0.2) is 4.79 Å². The highest BCUT2D eigenvalue weighted by Crippen LogP contribution is 2.45. The third-order valence-corrected chi connectivity index (χ3v) is 8.30. The van der Waals surface area contributed by atoms with Crippen LogP contribution in [-0.4, -0.2) is 12.3 Å². The Bertz CT molecular complexity index is 1170. The van der Waals surface area contributed by atoms with Crippen molar-refractivity contribution in [2.45, 2.75) is 57.3 Å². The number of urea groups is 1. The summed E-state index contributed by atoms with van der Waals surface area (Å²) in [5, 5.41) is 5.62. The van der Waals surface area contributed by atoms with Gasteiger partial charge in [0.15, 0.2) is 0 Å². The van der Waals surface area contributed by atoms with Crippen molar-refractivity contribution in [2.75, 3.05) is 11.6 Å². The number of hydrogen-bond acceptors (Lipinski definition) is 5. The lowest BCUT2D eigenvalue weighted by Crippen LogP contribution is -2.40. The van der Waals surface area contributed by atoms with E-state index in [0.717, 1.165) is 4.90 Å². The first kappa shape index (κ1) is 29.1. The smallest absolute Gasteiger partial charge is 0.383 e. The van der Waals surface area contributed by atoms with Crippen LogP contribution in [0, 0.1) is 0 Å². The van der Waals surface area contributed by atoms with E-state index in [1.807, 2.05) is 79.1 Å². The molecule has 3 rings (SSSR count). The normalized spacial score (nSPS) is 12.1. The lowest BCUT2D eigenvalue weighted by molar-refractivity contribution is 0.250. The van der Waals surface area contributed by atoms with Gasteiger partial charge in [-0.05, 0) is 76.7 Å². The van der Waals surface area contributed by atoms with Gasteiger partial charge in [-0.3, -0.25) is 5.43 Å². The van der Waals surface area contributed by atoms with Crippen LogP contribution in [0.5, 0.6) is 11.5 Å². The number of benzene rings is 3. The fraction of sp³-hybridized carbons (Fsp3) is 0.321. The number of anilines is 1. The van der Waals surface area contributed by atoms with Crippen LogP contribution in [0.2, 0.25) is 0 Å². The van der Waals surface area contributed by atoms with E-state index in [4.69, 9.17) is 20.9 Å². The van der Waals surface area contributed by atoms with Gasteiger partial charge in [0.25, 0.3) is 0 Å². The van der Waals surface area contributed by atoms with E-state index in [2.05, 4.69) is 57.5 Å². The summed E-state index contributed by atoms with van der Waals surface area (Å²) in [5.41, 5.74) is 5.62. The summed E-state index contributed by atoms with van der Waals surface area (Å²) in [6.45, 7) is 9.66.